The Bertz CT molecular complexity index is 667. The zero-order valence-corrected chi connectivity index (χ0v) is 15.1. The van der Waals surface area contributed by atoms with Crippen molar-refractivity contribution in [2.75, 3.05) is 19.6 Å². The summed E-state index contributed by atoms with van der Waals surface area (Å²) < 4.78 is 5.93. The summed E-state index contributed by atoms with van der Waals surface area (Å²) in [4.78, 5) is 5.08. The maximum absolute atomic E-state index is 5.93. The third-order valence-corrected chi connectivity index (χ3v) is 5.68. The molecule has 0 amide bonds. The molecule has 5 heteroatoms. The summed E-state index contributed by atoms with van der Waals surface area (Å²) in [6, 6.07) is 11.3. The molecule has 2 heterocycles. The molecule has 0 unspecified atom stereocenters. The molecular weight excluding hydrogens is 312 g/mol. The molecule has 2 aliphatic rings. The van der Waals surface area contributed by atoms with Gasteiger partial charge in [0.1, 0.15) is 0 Å². The first kappa shape index (κ1) is 16.7. The van der Waals surface area contributed by atoms with Crippen molar-refractivity contribution in [2.45, 2.75) is 57.7 Å². The highest BCUT2D eigenvalue weighted by Crippen LogP contribution is 2.35. The lowest BCUT2D eigenvalue weighted by molar-refractivity contribution is 0.0553. The zero-order chi connectivity index (χ0) is 17.1. The molecule has 0 bridgehead atoms. The van der Waals surface area contributed by atoms with Crippen LogP contribution in [0.4, 0.5) is 0 Å². The second-order valence-electron chi connectivity index (χ2n) is 7.42. The van der Waals surface area contributed by atoms with Crippen molar-refractivity contribution in [1.29, 1.82) is 0 Å². The molecule has 2 aromatic rings. The van der Waals surface area contributed by atoms with Crippen molar-refractivity contribution in [2.24, 2.45) is 0 Å². The van der Waals surface area contributed by atoms with E-state index in [9.17, 15) is 0 Å². The van der Waals surface area contributed by atoms with Crippen molar-refractivity contribution in [3.63, 3.8) is 0 Å². The van der Waals surface area contributed by atoms with Gasteiger partial charge in [0, 0.05) is 38.1 Å². The zero-order valence-electron chi connectivity index (χ0n) is 15.1. The molecule has 4 rings (SSSR count). The Morgan fingerprint density at radius 2 is 1.92 bits per heavy atom. The summed E-state index contributed by atoms with van der Waals surface area (Å²) in [6.07, 6.45) is 4.85. The highest BCUT2D eigenvalue weighted by Gasteiger charge is 2.29. The molecule has 5 nitrogen and oxygen atoms in total. The molecule has 1 aromatic carbocycles. The molecule has 1 aliphatic carbocycles. The van der Waals surface area contributed by atoms with E-state index in [1.165, 1.54) is 24.8 Å². The van der Waals surface area contributed by atoms with E-state index in [0.717, 1.165) is 50.9 Å². The van der Waals surface area contributed by atoms with Gasteiger partial charge in [-0.2, -0.15) is 0 Å². The summed E-state index contributed by atoms with van der Waals surface area (Å²) in [6.45, 7) is 7.36. The normalized spacial score (nSPS) is 22.8. The number of nitrogens with zero attached hydrogens (tertiary/aromatic N) is 4. The SMILES string of the molecule is CC[C@H]1CN(Cc2ccccc2)CCN1Cc1nnc(C2CCC2)o1. The van der Waals surface area contributed by atoms with Crippen LogP contribution in [0.2, 0.25) is 0 Å². The number of piperazine rings is 1. The van der Waals surface area contributed by atoms with Crippen LogP contribution in [0.5, 0.6) is 0 Å². The number of rotatable bonds is 6. The first-order valence-corrected chi connectivity index (χ1v) is 9.64. The molecule has 0 radical (unpaired) electrons. The van der Waals surface area contributed by atoms with Gasteiger partial charge >= 0.3 is 0 Å². The molecule has 134 valence electrons. The second-order valence-corrected chi connectivity index (χ2v) is 7.42. The van der Waals surface area contributed by atoms with Crippen LogP contribution in [-0.4, -0.2) is 45.7 Å². The van der Waals surface area contributed by atoms with E-state index < -0.39 is 0 Å². The molecule has 2 fully saturated rings. The lowest BCUT2D eigenvalue weighted by Gasteiger charge is -2.40. The summed E-state index contributed by atoms with van der Waals surface area (Å²) in [5.41, 5.74) is 1.40. The van der Waals surface area contributed by atoms with Gasteiger partial charge in [-0.15, -0.1) is 10.2 Å². The molecule has 0 N–H and O–H groups in total. The Morgan fingerprint density at radius 1 is 1.08 bits per heavy atom. The molecule has 25 heavy (non-hydrogen) atoms. The van der Waals surface area contributed by atoms with Crippen LogP contribution in [0, 0.1) is 0 Å². The minimum Gasteiger partial charge on any atom is -0.424 e. The topological polar surface area (TPSA) is 45.4 Å². The van der Waals surface area contributed by atoms with E-state index in [1.807, 2.05) is 0 Å². The van der Waals surface area contributed by atoms with Crippen LogP contribution in [-0.2, 0) is 13.1 Å². The lowest BCUT2D eigenvalue weighted by atomic mass is 9.85. The van der Waals surface area contributed by atoms with Gasteiger partial charge in [-0.25, -0.2) is 0 Å². The van der Waals surface area contributed by atoms with Crippen molar-refractivity contribution in [3.8, 4) is 0 Å². The van der Waals surface area contributed by atoms with Gasteiger partial charge < -0.3 is 4.42 Å². The summed E-state index contributed by atoms with van der Waals surface area (Å²) >= 11 is 0. The van der Waals surface area contributed by atoms with Crippen molar-refractivity contribution in [1.82, 2.24) is 20.0 Å². The minimum absolute atomic E-state index is 0.519. The van der Waals surface area contributed by atoms with E-state index in [1.54, 1.807) is 0 Å². The number of hydrogen-bond donors (Lipinski definition) is 0. The van der Waals surface area contributed by atoms with Crippen LogP contribution in [0.1, 0.15) is 55.9 Å². The van der Waals surface area contributed by atoms with Crippen molar-refractivity contribution < 1.29 is 4.42 Å². The molecule has 1 aliphatic heterocycles. The average Bonchev–Trinajstić information content (AvgIpc) is 3.03. The van der Waals surface area contributed by atoms with Gasteiger partial charge in [-0.1, -0.05) is 43.7 Å². The summed E-state index contributed by atoms with van der Waals surface area (Å²) in [7, 11) is 0. The number of benzene rings is 1. The summed E-state index contributed by atoms with van der Waals surface area (Å²) in [5, 5.41) is 8.57. The predicted octanol–water partition coefficient (Wildman–Crippen LogP) is 3.43. The highest BCUT2D eigenvalue weighted by atomic mass is 16.4. The Morgan fingerprint density at radius 3 is 2.64 bits per heavy atom. The Hall–Kier alpha value is -1.72. The fourth-order valence-corrected chi connectivity index (χ4v) is 3.86. The quantitative estimate of drug-likeness (QED) is 0.806. The first-order chi connectivity index (χ1) is 12.3. The lowest BCUT2D eigenvalue weighted by Crippen LogP contribution is -2.52. The number of hydrogen-bond acceptors (Lipinski definition) is 5. The second kappa shape index (κ2) is 7.67. The van der Waals surface area contributed by atoms with Gasteiger partial charge in [0.2, 0.25) is 11.8 Å². The van der Waals surface area contributed by atoms with Crippen molar-refractivity contribution >= 4 is 0 Å². The molecular formula is C20H28N4O. The van der Waals surface area contributed by atoms with Crippen LogP contribution in [0.15, 0.2) is 34.7 Å². The van der Waals surface area contributed by atoms with Crippen LogP contribution < -0.4 is 0 Å². The Labute approximate surface area is 150 Å². The largest absolute Gasteiger partial charge is 0.424 e. The van der Waals surface area contributed by atoms with E-state index in [-0.39, 0.29) is 0 Å². The molecule has 0 spiro atoms. The molecule has 1 saturated carbocycles. The third kappa shape index (κ3) is 3.93. The summed E-state index contributed by atoms with van der Waals surface area (Å²) in [5.74, 6) is 2.17. The van der Waals surface area contributed by atoms with E-state index in [2.05, 4.69) is 57.3 Å². The standard InChI is InChI=1S/C20H28N4O/c1-2-18-14-23(13-16-7-4-3-5-8-16)11-12-24(18)15-19-21-22-20(25-19)17-9-6-10-17/h3-5,7-8,17-18H,2,6,9-15H2,1H3/t18-/m0/s1. The number of aromatic nitrogens is 2. The van der Waals surface area contributed by atoms with E-state index in [0.29, 0.717) is 12.0 Å². The van der Waals surface area contributed by atoms with E-state index in [4.69, 9.17) is 4.42 Å². The Balaban J connectivity index is 1.34. The first-order valence-electron chi connectivity index (χ1n) is 9.64. The van der Waals surface area contributed by atoms with Crippen LogP contribution >= 0.6 is 0 Å². The van der Waals surface area contributed by atoms with Crippen LogP contribution in [0.25, 0.3) is 0 Å². The van der Waals surface area contributed by atoms with Gasteiger partial charge in [-0.3, -0.25) is 9.80 Å². The van der Waals surface area contributed by atoms with Gasteiger partial charge in [-0.05, 0) is 24.8 Å². The van der Waals surface area contributed by atoms with E-state index >= 15 is 0 Å². The molecule has 1 saturated heterocycles. The smallest absolute Gasteiger partial charge is 0.230 e. The van der Waals surface area contributed by atoms with Gasteiger partial charge in [0.15, 0.2) is 0 Å². The maximum Gasteiger partial charge on any atom is 0.230 e. The predicted molar refractivity (Wildman–Crippen MR) is 97.1 cm³/mol. The third-order valence-electron chi connectivity index (χ3n) is 5.68. The Kier molecular flexibility index (Phi) is 5.13. The molecule has 1 atom stereocenters. The van der Waals surface area contributed by atoms with Crippen molar-refractivity contribution in [3.05, 3.63) is 47.7 Å². The molecule has 1 aromatic heterocycles. The monoisotopic (exact) mass is 340 g/mol. The minimum atomic E-state index is 0.519. The van der Waals surface area contributed by atoms with Crippen LogP contribution in [0.3, 0.4) is 0 Å². The maximum atomic E-state index is 5.93. The van der Waals surface area contributed by atoms with Gasteiger partial charge in [0.05, 0.1) is 6.54 Å². The fraction of sp³-hybridized carbons (Fsp3) is 0.600. The fourth-order valence-electron chi connectivity index (χ4n) is 3.86. The highest BCUT2D eigenvalue weighted by molar-refractivity contribution is 5.14. The van der Waals surface area contributed by atoms with Gasteiger partial charge in [0.25, 0.3) is 0 Å². The average molecular weight is 340 g/mol.